The first-order valence-electron chi connectivity index (χ1n) is 3.98. The predicted molar refractivity (Wildman–Crippen MR) is 43.6 cm³/mol. The smallest absolute Gasteiger partial charge is 0.333 e. The Labute approximate surface area is 71.4 Å². The molecule has 0 N–H and O–H groups in total. The van der Waals surface area contributed by atoms with Gasteiger partial charge >= 0.3 is 5.97 Å². The highest BCUT2D eigenvalue weighted by Gasteiger charge is 2.25. The second-order valence-corrected chi connectivity index (χ2v) is 3.09. The summed E-state index contributed by atoms with van der Waals surface area (Å²) in [6.45, 7) is 5.05. The van der Waals surface area contributed by atoms with Gasteiger partial charge in [-0.05, 0) is 13.3 Å². The number of Topliss-reactive ketones (excluding diaryl/α,β-unsaturated/α-hetero) is 1. The molecule has 0 spiro atoms. The van der Waals surface area contributed by atoms with Crippen molar-refractivity contribution in [2.24, 2.45) is 0 Å². The van der Waals surface area contributed by atoms with Crippen LogP contribution in [-0.4, -0.2) is 17.9 Å². The minimum absolute atomic E-state index is 0.175. The van der Waals surface area contributed by atoms with Crippen molar-refractivity contribution in [2.75, 3.05) is 0 Å². The van der Waals surface area contributed by atoms with Crippen molar-refractivity contribution < 1.29 is 14.3 Å². The van der Waals surface area contributed by atoms with Crippen molar-refractivity contribution in [3.8, 4) is 0 Å². The molecule has 66 valence electrons. The van der Waals surface area contributed by atoms with E-state index in [1.54, 1.807) is 6.92 Å². The van der Waals surface area contributed by atoms with Crippen LogP contribution in [0, 0.1) is 0 Å². The van der Waals surface area contributed by atoms with Crippen LogP contribution in [0.4, 0.5) is 0 Å². The van der Waals surface area contributed by atoms with Crippen LogP contribution < -0.4 is 0 Å². The van der Waals surface area contributed by atoms with Crippen molar-refractivity contribution >= 4 is 11.8 Å². The Morgan fingerprint density at radius 1 is 1.67 bits per heavy atom. The number of ketones is 1. The van der Waals surface area contributed by atoms with Gasteiger partial charge in [-0.2, -0.15) is 0 Å². The van der Waals surface area contributed by atoms with Gasteiger partial charge in [-0.1, -0.05) is 6.58 Å². The lowest BCUT2D eigenvalue weighted by molar-refractivity contribution is -0.144. The Hall–Kier alpha value is -1.12. The van der Waals surface area contributed by atoms with Gasteiger partial charge in [0.05, 0.1) is 0 Å². The fraction of sp³-hybridized carbons (Fsp3) is 0.556. The highest BCUT2D eigenvalue weighted by atomic mass is 16.5. The van der Waals surface area contributed by atoms with Crippen LogP contribution in [0.5, 0.6) is 0 Å². The van der Waals surface area contributed by atoms with E-state index in [0.29, 0.717) is 24.8 Å². The first-order chi connectivity index (χ1) is 5.59. The van der Waals surface area contributed by atoms with Gasteiger partial charge in [0.2, 0.25) is 0 Å². The molecule has 1 aliphatic carbocycles. The van der Waals surface area contributed by atoms with E-state index in [9.17, 15) is 9.59 Å². The Morgan fingerprint density at radius 2 is 2.33 bits per heavy atom. The zero-order valence-electron chi connectivity index (χ0n) is 7.13. The van der Waals surface area contributed by atoms with Crippen molar-refractivity contribution in [3.63, 3.8) is 0 Å². The minimum atomic E-state index is -0.394. The molecule has 0 aromatic rings. The third kappa shape index (κ3) is 2.19. The van der Waals surface area contributed by atoms with E-state index in [1.807, 2.05) is 0 Å². The van der Waals surface area contributed by atoms with E-state index in [1.165, 1.54) is 0 Å². The lowest BCUT2D eigenvalue weighted by atomic mass is 10.3. The SMILES string of the molecule is C=C(C)C(=O)OC1CCC(=O)C1. The zero-order chi connectivity index (χ0) is 9.14. The maximum atomic E-state index is 11.0. The highest BCUT2D eigenvalue weighted by Crippen LogP contribution is 2.18. The number of ether oxygens (including phenoxy) is 1. The topological polar surface area (TPSA) is 43.4 Å². The molecule has 0 heterocycles. The lowest BCUT2D eigenvalue weighted by Crippen LogP contribution is -2.15. The Kier molecular flexibility index (Phi) is 2.63. The molecular formula is C9H12O3. The molecular weight excluding hydrogens is 156 g/mol. The van der Waals surface area contributed by atoms with Crippen molar-refractivity contribution in [1.82, 2.24) is 0 Å². The van der Waals surface area contributed by atoms with Crippen LogP contribution in [-0.2, 0) is 14.3 Å². The summed E-state index contributed by atoms with van der Waals surface area (Å²) < 4.78 is 4.98. The molecule has 12 heavy (non-hydrogen) atoms. The largest absolute Gasteiger partial charge is 0.459 e. The second kappa shape index (κ2) is 3.52. The average Bonchev–Trinajstić information content (AvgIpc) is 2.35. The van der Waals surface area contributed by atoms with Gasteiger partial charge < -0.3 is 4.74 Å². The molecule has 1 rings (SSSR count). The molecule has 0 bridgehead atoms. The van der Waals surface area contributed by atoms with Crippen LogP contribution in [0.25, 0.3) is 0 Å². The maximum Gasteiger partial charge on any atom is 0.333 e. The molecule has 0 saturated heterocycles. The summed E-state index contributed by atoms with van der Waals surface area (Å²) in [6.07, 6.45) is 1.37. The van der Waals surface area contributed by atoms with Crippen LogP contribution in [0.3, 0.4) is 0 Å². The lowest BCUT2D eigenvalue weighted by Gasteiger charge is -2.09. The molecule has 0 aliphatic heterocycles. The van der Waals surface area contributed by atoms with Gasteiger partial charge in [0, 0.05) is 18.4 Å². The molecule has 3 nitrogen and oxygen atoms in total. The van der Waals surface area contributed by atoms with Gasteiger partial charge in [0.1, 0.15) is 11.9 Å². The first-order valence-corrected chi connectivity index (χ1v) is 3.98. The molecule has 1 saturated carbocycles. The number of hydrogen-bond acceptors (Lipinski definition) is 3. The second-order valence-electron chi connectivity index (χ2n) is 3.09. The van der Waals surface area contributed by atoms with Crippen molar-refractivity contribution in [1.29, 1.82) is 0 Å². The Balaban J connectivity index is 2.37. The van der Waals surface area contributed by atoms with Crippen LogP contribution in [0.1, 0.15) is 26.2 Å². The van der Waals surface area contributed by atoms with E-state index in [4.69, 9.17) is 4.74 Å². The standard InChI is InChI=1S/C9H12O3/c1-6(2)9(11)12-8-4-3-7(10)5-8/h8H,1,3-5H2,2H3. The van der Waals surface area contributed by atoms with Crippen LogP contribution in [0.15, 0.2) is 12.2 Å². The number of esters is 1. The number of carbonyl (C=O) groups is 2. The quantitative estimate of drug-likeness (QED) is 0.460. The molecule has 0 amide bonds. The fourth-order valence-corrected chi connectivity index (χ4v) is 1.13. The van der Waals surface area contributed by atoms with E-state index in [-0.39, 0.29) is 11.9 Å². The van der Waals surface area contributed by atoms with Crippen molar-refractivity contribution in [2.45, 2.75) is 32.3 Å². The number of carbonyl (C=O) groups excluding carboxylic acids is 2. The van der Waals surface area contributed by atoms with E-state index >= 15 is 0 Å². The normalized spacial score (nSPS) is 22.4. The Bertz CT molecular complexity index is 230. The molecule has 1 fully saturated rings. The van der Waals surface area contributed by atoms with Crippen LogP contribution >= 0.6 is 0 Å². The Morgan fingerprint density at radius 3 is 2.75 bits per heavy atom. The molecule has 0 aromatic carbocycles. The molecule has 0 aromatic heterocycles. The van der Waals surface area contributed by atoms with Gasteiger partial charge in [0.25, 0.3) is 0 Å². The molecule has 3 heteroatoms. The van der Waals surface area contributed by atoms with Gasteiger partial charge in [0.15, 0.2) is 0 Å². The average molecular weight is 168 g/mol. The molecule has 1 unspecified atom stereocenters. The summed E-state index contributed by atoms with van der Waals surface area (Å²) in [4.78, 5) is 21.8. The fourth-order valence-electron chi connectivity index (χ4n) is 1.13. The van der Waals surface area contributed by atoms with Crippen LogP contribution in [0.2, 0.25) is 0 Å². The van der Waals surface area contributed by atoms with Gasteiger partial charge in [-0.3, -0.25) is 4.79 Å². The summed E-state index contributed by atoms with van der Waals surface area (Å²) in [7, 11) is 0. The van der Waals surface area contributed by atoms with E-state index in [0.717, 1.165) is 0 Å². The summed E-state index contributed by atoms with van der Waals surface area (Å²) in [5.74, 6) is -0.218. The molecule has 1 aliphatic rings. The molecule has 0 radical (unpaired) electrons. The summed E-state index contributed by atoms with van der Waals surface area (Å²) in [5, 5.41) is 0. The van der Waals surface area contributed by atoms with Gasteiger partial charge in [-0.15, -0.1) is 0 Å². The zero-order valence-corrected chi connectivity index (χ0v) is 7.13. The van der Waals surface area contributed by atoms with Crippen molar-refractivity contribution in [3.05, 3.63) is 12.2 Å². The molecule has 1 atom stereocenters. The summed E-state index contributed by atoms with van der Waals surface area (Å²) in [5.41, 5.74) is 0.384. The van der Waals surface area contributed by atoms with Gasteiger partial charge in [-0.25, -0.2) is 4.79 Å². The third-order valence-corrected chi connectivity index (χ3v) is 1.82. The monoisotopic (exact) mass is 168 g/mol. The summed E-state index contributed by atoms with van der Waals surface area (Å²) in [6, 6.07) is 0. The predicted octanol–water partition coefficient (Wildman–Crippen LogP) is 1.23. The first kappa shape index (κ1) is 8.97. The number of rotatable bonds is 2. The minimum Gasteiger partial charge on any atom is -0.459 e. The summed E-state index contributed by atoms with van der Waals surface area (Å²) >= 11 is 0. The number of hydrogen-bond donors (Lipinski definition) is 0. The van der Waals surface area contributed by atoms with E-state index in [2.05, 4.69) is 6.58 Å². The maximum absolute atomic E-state index is 11.0. The highest BCUT2D eigenvalue weighted by molar-refractivity contribution is 5.88. The van der Waals surface area contributed by atoms with E-state index < -0.39 is 5.97 Å². The third-order valence-electron chi connectivity index (χ3n) is 1.82.